The van der Waals surface area contributed by atoms with E-state index in [1.165, 1.54) is 6.07 Å². The number of nitrogens with zero attached hydrogens (tertiary/aromatic N) is 2. The lowest BCUT2D eigenvalue weighted by Gasteiger charge is -2.08. The van der Waals surface area contributed by atoms with Gasteiger partial charge in [0.25, 0.3) is 0 Å². The highest BCUT2D eigenvalue weighted by atomic mass is 19.1. The quantitative estimate of drug-likeness (QED) is 0.864. The van der Waals surface area contributed by atoms with Crippen molar-refractivity contribution in [1.82, 2.24) is 9.97 Å². The van der Waals surface area contributed by atoms with Crippen molar-refractivity contribution in [2.75, 3.05) is 17.2 Å². The molecule has 100 valence electrons. The molecule has 2 aromatic rings. The fraction of sp³-hybridized carbons (Fsp3) is 0.286. The molecule has 0 aliphatic heterocycles. The standard InChI is InChI=1S/C14H17FN4/c1-3-7-16-14-17-8-6-13(19-14)18-11-4-5-12(15)10(2)9-11/h4-6,8-9H,3,7H2,1-2H3,(H2,16,17,18,19). The first-order valence-electron chi connectivity index (χ1n) is 6.29. The molecule has 1 heterocycles. The van der Waals surface area contributed by atoms with Crippen LogP contribution in [-0.4, -0.2) is 16.5 Å². The summed E-state index contributed by atoms with van der Waals surface area (Å²) in [6, 6.07) is 6.64. The van der Waals surface area contributed by atoms with Crippen LogP contribution in [0.1, 0.15) is 18.9 Å². The van der Waals surface area contributed by atoms with E-state index in [4.69, 9.17) is 0 Å². The lowest BCUT2D eigenvalue weighted by atomic mass is 10.2. The number of benzene rings is 1. The molecule has 0 spiro atoms. The van der Waals surface area contributed by atoms with E-state index in [1.807, 2.05) is 0 Å². The lowest BCUT2D eigenvalue weighted by Crippen LogP contribution is -2.05. The predicted molar refractivity (Wildman–Crippen MR) is 75.2 cm³/mol. The summed E-state index contributed by atoms with van der Waals surface area (Å²) in [5.74, 6) is 1.06. The van der Waals surface area contributed by atoms with E-state index in [1.54, 1.807) is 31.3 Å². The Morgan fingerprint density at radius 2 is 2.11 bits per heavy atom. The molecule has 0 bridgehead atoms. The molecule has 0 unspecified atom stereocenters. The second-order valence-corrected chi connectivity index (χ2v) is 4.28. The summed E-state index contributed by atoms with van der Waals surface area (Å²) in [6.45, 7) is 4.64. The molecule has 0 atom stereocenters. The monoisotopic (exact) mass is 260 g/mol. The van der Waals surface area contributed by atoms with Crippen LogP contribution in [0.25, 0.3) is 0 Å². The van der Waals surface area contributed by atoms with E-state index in [0.717, 1.165) is 18.7 Å². The van der Waals surface area contributed by atoms with Gasteiger partial charge in [-0.1, -0.05) is 6.92 Å². The van der Waals surface area contributed by atoms with Crippen LogP contribution < -0.4 is 10.6 Å². The Kier molecular flexibility index (Phi) is 4.28. The summed E-state index contributed by atoms with van der Waals surface area (Å²) >= 11 is 0. The Labute approximate surface area is 112 Å². The topological polar surface area (TPSA) is 49.8 Å². The number of hydrogen-bond donors (Lipinski definition) is 2. The zero-order chi connectivity index (χ0) is 13.7. The van der Waals surface area contributed by atoms with Crippen LogP contribution in [-0.2, 0) is 0 Å². The van der Waals surface area contributed by atoms with Gasteiger partial charge in [0.2, 0.25) is 5.95 Å². The minimum absolute atomic E-state index is 0.210. The SMILES string of the molecule is CCCNc1nccc(Nc2ccc(F)c(C)c2)n1. The Bertz CT molecular complexity index is 557. The first kappa shape index (κ1) is 13.3. The molecule has 0 aliphatic rings. The van der Waals surface area contributed by atoms with Crippen LogP contribution >= 0.6 is 0 Å². The Morgan fingerprint density at radius 3 is 2.84 bits per heavy atom. The third-order valence-electron chi connectivity index (χ3n) is 2.62. The van der Waals surface area contributed by atoms with E-state index < -0.39 is 0 Å². The minimum atomic E-state index is -0.210. The zero-order valence-electron chi connectivity index (χ0n) is 11.1. The molecule has 1 aromatic heterocycles. The Balaban J connectivity index is 2.11. The molecular formula is C14H17FN4. The van der Waals surface area contributed by atoms with Gasteiger partial charge in [-0.25, -0.2) is 9.37 Å². The number of aryl methyl sites for hydroxylation is 1. The van der Waals surface area contributed by atoms with E-state index in [-0.39, 0.29) is 5.82 Å². The summed E-state index contributed by atoms with van der Waals surface area (Å²) in [5, 5.41) is 6.25. The van der Waals surface area contributed by atoms with Crippen molar-refractivity contribution in [1.29, 1.82) is 0 Å². The molecule has 1 aromatic carbocycles. The van der Waals surface area contributed by atoms with Gasteiger partial charge >= 0.3 is 0 Å². The van der Waals surface area contributed by atoms with Crippen LogP contribution in [0.15, 0.2) is 30.5 Å². The maximum absolute atomic E-state index is 13.2. The van der Waals surface area contributed by atoms with Crippen molar-refractivity contribution >= 4 is 17.5 Å². The summed E-state index contributed by atoms with van der Waals surface area (Å²) < 4.78 is 13.2. The van der Waals surface area contributed by atoms with Crippen LogP contribution in [0.3, 0.4) is 0 Å². The van der Waals surface area contributed by atoms with Crippen LogP contribution in [0.4, 0.5) is 21.8 Å². The molecule has 0 radical (unpaired) electrons. The summed E-state index contributed by atoms with van der Waals surface area (Å²) in [5.41, 5.74) is 1.41. The molecule has 0 amide bonds. The molecule has 0 saturated carbocycles. The maximum Gasteiger partial charge on any atom is 0.224 e. The first-order valence-corrected chi connectivity index (χ1v) is 6.29. The van der Waals surface area contributed by atoms with Gasteiger partial charge in [0, 0.05) is 18.4 Å². The maximum atomic E-state index is 13.2. The molecule has 5 heteroatoms. The van der Waals surface area contributed by atoms with Crippen molar-refractivity contribution in [3.8, 4) is 0 Å². The van der Waals surface area contributed by atoms with Gasteiger partial charge < -0.3 is 10.6 Å². The van der Waals surface area contributed by atoms with Gasteiger partial charge in [-0.15, -0.1) is 0 Å². The van der Waals surface area contributed by atoms with Crippen molar-refractivity contribution in [2.45, 2.75) is 20.3 Å². The number of rotatable bonds is 5. The Hall–Kier alpha value is -2.17. The average molecular weight is 260 g/mol. The molecular weight excluding hydrogens is 243 g/mol. The highest BCUT2D eigenvalue weighted by Gasteiger charge is 2.02. The summed E-state index contributed by atoms with van der Waals surface area (Å²) in [4.78, 5) is 8.46. The number of aromatic nitrogens is 2. The highest BCUT2D eigenvalue weighted by Crippen LogP contribution is 2.18. The third-order valence-corrected chi connectivity index (χ3v) is 2.62. The molecule has 19 heavy (non-hydrogen) atoms. The largest absolute Gasteiger partial charge is 0.354 e. The van der Waals surface area contributed by atoms with Gasteiger partial charge in [-0.2, -0.15) is 4.98 Å². The molecule has 0 saturated heterocycles. The molecule has 0 aliphatic carbocycles. The van der Waals surface area contributed by atoms with E-state index >= 15 is 0 Å². The zero-order valence-corrected chi connectivity index (χ0v) is 11.1. The van der Waals surface area contributed by atoms with Gasteiger partial charge in [0.15, 0.2) is 0 Å². The van der Waals surface area contributed by atoms with Crippen molar-refractivity contribution in [3.63, 3.8) is 0 Å². The van der Waals surface area contributed by atoms with Crippen molar-refractivity contribution < 1.29 is 4.39 Å². The number of hydrogen-bond acceptors (Lipinski definition) is 4. The van der Waals surface area contributed by atoms with Crippen molar-refractivity contribution in [2.24, 2.45) is 0 Å². The number of anilines is 3. The summed E-state index contributed by atoms with van der Waals surface area (Å²) in [7, 11) is 0. The molecule has 2 N–H and O–H groups in total. The Morgan fingerprint density at radius 1 is 1.26 bits per heavy atom. The van der Waals surface area contributed by atoms with Crippen LogP contribution in [0.5, 0.6) is 0 Å². The van der Waals surface area contributed by atoms with Crippen LogP contribution in [0.2, 0.25) is 0 Å². The van der Waals surface area contributed by atoms with Gasteiger partial charge in [-0.3, -0.25) is 0 Å². The van der Waals surface area contributed by atoms with E-state index in [0.29, 0.717) is 17.3 Å². The fourth-order valence-electron chi connectivity index (χ4n) is 1.62. The first-order chi connectivity index (χ1) is 9.19. The molecule has 0 fully saturated rings. The second kappa shape index (κ2) is 6.13. The average Bonchev–Trinajstić information content (AvgIpc) is 2.41. The second-order valence-electron chi connectivity index (χ2n) is 4.28. The van der Waals surface area contributed by atoms with Crippen molar-refractivity contribution in [3.05, 3.63) is 41.8 Å². The predicted octanol–water partition coefficient (Wildman–Crippen LogP) is 3.49. The lowest BCUT2D eigenvalue weighted by molar-refractivity contribution is 0.619. The fourth-order valence-corrected chi connectivity index (χ4v) is 1.62. The van der Waals surface area contributed by atoms with E-state index in [9.17, 15) is 4.39 Å². The molecule has 4 nitrogen and oxygen atoms in total. The number of halogens is 1. The minimum Gasteiger partial charge on any atom is -0.354 e. The normalized spacial score (nSPS) is 10.3. The highest BCUT2D eigenvalue weighted by molar-refractivity contribution is 5.57. The van der Waals surface area contributed by atoms with Gasteiger partial charge in [0.1, 0.15) is 11.6 Å². The van der Waals surface area contributed by atoms with Gasteiger partial charge in [-0.05, 0) is 43.2 Å². The van der Waals surface area contributed by atoms with Gasteiger partial charge in [0.05, 0.1) is 0 Å². The summed E-state index contributed by atoms with van der Waals surface area (Å²) in [6.07, 6.45) is 2.70. The van der Waals surface area contributed by atoms with Crippen LogP contribution in [0, 0.1) is 12.7 Å². The number of nitrogens with one attached hydrogen (secondary N) is 2. The molecule has 2 rings (SSSR count). The third kappa shape index (κ3) is 3.64. The smallest absolute Gasteiger partial charge is 0.224 e. The van der Waals surface area contributed by atoms with E-state index in [2.05, 4.69) is 27.5 Å².